The van der Waals surface area contributed by atoms with Gasteiger partial charge in [0, 0.05) is 26.7 Å². The van der Waals surface area contributed by atoms with Crippen molar-refractivity contribution in [3.05, 3.63) is 80.5 Å². The summed E-state index contributed by atoms with van der Waals surface area (Å²) in [6.45, 7) is 3.77. The number of benzene rings is 2. The lowest BCUT2D eigenvalue weighted by molar-refractivity contribution is 0.414. The van der Waals surface area contributed by atoms with Gasteiger partial charge < -0.3 is 14.2 Å². The lowest BCUT2D eigenvalue weighted by Crippen LogP contribution is -2.40. The summed E-state index contributed by atoms with van der Waals surface area (Å²) in [6, 6.07) is 15.9. The highest BCUT2D eigenvalue weighted by atomic mass is 16.5. The van der Waals surface area contributed by atoms with Crippen LogP contribution in [0.4, 0.5) is 11.6 Å². The fourth-order valence-electron chi connectivity index (χ4n) is 4.59. The SMILES string of the molecule is COc1ccc(C)cc1N1CCCn2c1nc1c2c(=O)n(CCc2ccccc2)c(=O)n1C. The molecule has 0 spiro atoms. The van der Waals surface area contributed by atoms with Crippen LogP contribution in [0.5, 0.6) is 5.75 Å². The van der Waals surface area contributed by atoms with Crippen LogP contribution in [0.1, 0.15) is 17.5 Å². The van der Waals surface area contributed by atoms with E-state index < -0.39 is 0 Å². The summed E-state index contributed by atoms with van der Waals surface area (Å²) in [7, 11) is 3.33. The topological polar surface area (TPSA) is 74.3 Å². The highest BCUT2D eigenvalue weighted by molar-refractivity contribution is 5.78. The number of fused-ring (bicyclic) bond motifs is 3. The zero-order chi connectivity index (χ0) is 23.1. The maximum atomic E-state index is 13.5. The Bertz CT molecular complexity index is 1450. The fraction of sp³-hybridized carbons (Fsp3) is 0.320. The lowest BCUT2D eigenvalue weighted by atomic mass is 10.1. The number of rotatable bonds is 5. The molecule has 1 aliphatic heterocycles. The first-order valence-electron chi connectivity index (χ1n) is 11.2. The predicted octanol–water partition coefficient (Wildman–Crippen LogP) is 3.00. The Hall–Kier alpha value is -3.81. The van der Waals surface area contributed by atoms with E-state index in [-0.39, 0.29) is 11.2 Å². The second kappa shape index (κ2) is 8.27. The number of aromatic nitrogens is 4. The summed E-state index contributed by atoms with van der Waals surface area (Å²) in [4.78, 5) is 33.5. The third kappa shape index (κ3) is 3.51. The van der Waals surface area contributed by atoms with Crippen molar-refractivity contribution in [2.45, 2.75) is 32.9 Å². The van der Waals surface area contributed by atoms with Gasteiger partial charge in [-0.1, -0.05) is 36.4 Å². The molecule has 0 atom stereocenters. The Labute approximate surface area is 191 Å². The summed E-state index contributed by atoms with van der Waals surface area (Å²) in [6.07, 6.45) is 1.46. The fourth-order valence-corrected chi connectivity index (χ4v) is 4.59. The highest BCUT2D eigenvalue weighted by Crippen LogP contribution is 2.37. The van der Waals surface area contributed by atoms with E-state index in [1.165, 1.54) is 9.13 Å². The molecule has 0 aliphatic carbocycles. The Morgan fingerprint density at radius 3 is 2.61 bits per heavy atom. The molecule has 4 aromatic rings. The second-order valence-electron chi connectivity index (χ2n) is 8.45. The maximum absolute atomic E-state index is 13.5. The molecule has 0 unspecified atom stereocenters. The van der Waals surface area contributed by atoms with Gasteiger partial charge in [0.15, 0.2) is 11.2 Å². The van der Waals surface area contributed by atoms with E-state index in [0.29, 0.717) is 36.6 Å². The Balaban J connectivity index is 1.65. The lowest BCUT2D eigenvalue weighted by Gasteiger charge is -2.30. The number of aryl methyl sites for hydroxylation is 4. The van der Waals surface area contributed by atoms with Crippen molar-refractivity contribution in [3.63, 3.8) is 0 Å². The van der Waals surface area contributed by atoms with Crippen LogP contribution in [-0.2, 0) is 26.6 Å². The number of anilines is 2. The van der Waals surface area contributed by atoms with Crippen LogP contribution < -0.4 is 20.9 Å². The normalized spacial score (nSPS) is 13.4. The van der Waals surface area contributed by atoms with E-state index in [2.05, 4.69) is 11.0 Å². The van der Waals surface area contributed by atoms with E-state index in [0.717, 1.165) is 35.5 Å². The summed E-state index contributed by atoms with van der Waals surface area (Å²) in [5.74, 6) is 1.41. The molecule has 0 N–H and O–H groups in total. The number of nitrogens with zero attached hydrogens (tertiary/aromatic N) is 5. The molecule has 0 fully saturated rings. The molecular weight excluding hydrogens is 418 g/mol. The largest absolute Gasteiger partial charge is 0.495 e. The molecule has 170 valence electrons. The monoisotopic (exact) mass is 445 g/mol. The second-order valence-corrected chi connectivity index (χ2v) is 8.45. The Kier molecular flexibility index (Phi) is 5.28. The number of hydrogen-bond acceptors (Lipinski definition) is 5. The average molecular weight is 446 g/mol. The molecule has 0 saturated carbocycles. The Morgan fingerprint density at radius 2 is 1.85 bits per heavy atom. The predicted molar refractivity (Wildman–Crippen MR) is 129 cm³/mol. The van der Waals surface area contributed by atoms with Gasteiger partial charge in [-0.2, -0.15) is 4.98 Å². The van der Waals surface area contributed by atoms with E-state index in [1.807, 2.05) is 54.0 Å². The van der Waals surface area contributed by atoms with Crippen molar-refractivity contribution >= 4 is 22.8 Å². The smallest absolute Gasteiger partial charge is 0.332 e. The van der Waals surface area contributed by atoms with E-state index >= 15 is 0 Å². The Morgan fingerprint density at radius 1 is 1.06 bits per heavy atom. The molecule has 33 heavy (non-hydrogen) atoms. The van der Waals surface area contributed by atoms with Gasteiger partial charge in [-0.15, -0.1) is 0 Å². The number of hydrogen-bond donors (Lipinski definition) is 0. The minimum absolute atomic E-state index is 0.291. The quantitative estimate of drug-likeness (QED) is 0.472. The highest BCUT2D eigenvalue weighted by Gasteiger charge is 2.28. The summed E-state index contributed by atoms with van der Waals surface area (Å²) < 4.78 is 10.4. The van der Waals surface area contributed by atoms with Crippen molar-refractivity contribution in [1.29, 1.82) is 0 Å². The number of methoxy groups -OCH3 is 1. The van der Waals surface area contributed by atoms with Crippen LogP contribution in [0.25, 0.3) is 11.2 Å². The third-order valence-corrected chi connectivity index (χ3v) is 6.31. The van der Waals surface area contributed by atoms with Gasteiger partial charge >= 0.3 is 5.69 Å². The van der Waals surface area contributed by atoms with Crippen molar-refractivity contribution in [1.82, 2.24) is 18.7 Å². The van der Waals surface area contributed by atoms with Gasteiger partial charge in [0.25, 0.3) is 5.56 Å². The van der Waals surface area contributed by atoms with Crippen LogP contribution in [0.15, 0.2) is 58.1 Å². The molecule has 0 amide bonds. The van der Waals surface area contributed by atoms with Crippen LogP contribution in [-0.4, -0.2) is 32.3 Å². The molecule has 0 bridgehead atoms. The van der Waals surface area contributed by atoms with E-state index in [9.17, 15) is 9.59 Å². The average Bonchev–Trinajstić information content (AvgIpc) is 3.23. The van der Waals surface area contributed by atoms with Crippen LogP contribution in [0.2, 0.25) is 0 Å². The molecular formula is C25H27N5O3. The van der Waals surface area contributed by atoms with Gasteiger partial charge in [-0.25, -0.2) is 4.79 Å². The zero-order valence-corrected chi connectivity index (χ0v) is 19.1. The van der Waals surface area contributed by atoms with Crippen LogP contribution >= 0.6 is 0 Å². The molecule has 1 aliphatic rings. The molecule has 0 radical (unpaired) electrons. The standard InChI is InChI=1S/C25H27N5O3/c1-17-10-11-20(33-3)19(16-17)28-13-7-14-29-21-22(26-24(28)29)27(2)25(32)30(23(21)31)15-12-18-8-5-4-6-9-18/h4-6,8-11,16H,7,12-15H2,1-3H3. The van der Waals surface area contributed by atoms with Crippen molar-refractivity contribution < 1.29 is 4.74 Å². The number of imidazole rings is 1. The summed E-state index contributed by atoms with van der Waals surface area (Å²) in [5.41, 5.74) is 3.34. The van der Waals surface area contributed by atoms with Crippen LogP contribution in [0, 0.1) is 6.92 Å². The molecule has 3 heterocycles. The minimum Gasteiger partial charge on any atom is -0.495 e. The van der Waals surface area contributed by atoms with Gasteiger partial charge in [0.2, 0.25) is 5.95 Å². The first-order chi connectivity index (χ1) is 16.0. The molecule has 5 rings (SSSR count). The molecule has 8 heteroatoms. The van der Waals surface area contributed by atoms with Gasteiger partial charge in [-0.05, 0) is 43.0 Å². The van der Waals surface area contributed by atoms with E-state index in [1.54, 1.807) is 14.2 Å². The van der Waals surface area contributed by atoms with Crippen molar-refractivity contribution in [3.8, 4) is 5.75 Å². The maximum Gasteiger partial charge on any atom is 0.332 e. The minimum atomic E-state index is -0.349. The first-order valence-corrected chi connectivity index (χ1v) is 11.2. The van der Waals surface area contributed by atoms with E-state index in [4.69, 9.17) is 9.72 Å². The van der Waals surface area contributed by atoms with Crippen molar-refractivity contribution in [2.75, 3.05) is 18.6 Å². The third-order valence-electron chi connectivity index (χ3n) is 6.31. The summed E-state index contributed by atoms with van der Waals surface area (Å²) >= 11 is 0. The van der Waals surface area contributed by atoms with Crippen LogP contribution in [0.3, 0.4) is 0 Å². The first kappa shape index (κ1) is 21.1. The molecule has 2 aromatic carbocycles. The molecule has 2 aromatic heterocycles. The number of ether oxygens (including phenoxy) is 1. The summed E-state index contributed by atoms with van der Waals surface area (Å²) in [5, 5.41) is 0. The van der Waals surface area contributed by atoms with Gasteiger partial charge in [0.05, 0.1) is 12.8 Å². The van der Waals surface area contributed by atoms with Crippen molar-refractivity contribution in [2.24, 2.45) is 7.05 Å². The van der Waals surface area contributed by atoms with Gasteiger partial charge in [0.1, 0.15) is 5.75 Å². The molecule has 8 nitrogen and oxygen atoms in total. The zero-order valence-electron chi connectivity index (χ0n) is 19.1. The molecule has 0 saturated heterocycles. The van der Waals surface area contributed by atoms with Gasteiger partial charge in [-0.3, -0.25) is 13.9 Å².